The van der Waals surface area contributed by atoms with Crippen LogP contribution in [0, 0.1) is 0 Å². The highest BCUT2D eigenvalue weighted by molar-refractivity contribution is 7.17. The summed E-state index contributed by atoms with van der Waals surface area (Å²) in [5.74, 6) is 0.854. The molecule has 0 radical (unpaired) electrons. The SMILES string of the molecule is [2H]C([2H])(c1ccccc1)c1ccc2scc(-c3nc4ccccc4n3-c3ccc(-c4ccccc4)cc3)c2c1. The van der Waals surface area contributed by atoms with Crippen molar-refractivity contribution in [3.8, 4) is 28.2 Å². The summed E-state index contributed by atoms with van der Waals surface area (Å²) in [6.45, 7) is 0. The minimum atomic E-state index is -1.61. The number of para-hydroxylation sites is 2. The first-order chi connectivity index (χ1) is 19.1. The molecule has 0 atom stereocenters. The molecule has 2 heterocycles. The molecule has 7 aromatic rings. The number of rotatable bonds is 5. The monoisotopic (exact) mass is 494 g/mol. The standard InChI is InChI=1S/C34H24N2S/c1-3-9-24(10-4-1)21-25-15-20-33-29(22-25)30(23-37-33)34-35-31-13-7-8-14-32(31)36(34)28-18-16-27(17-19-28)26-11-5-2-6-12-26/h1-20,22-23H,21H2/i21D2. The number of thiophene rings is 1. The van der Waals surface area contributed by atoms with Crippen molar-refractivity contribution in [2.24, 2.45) is 0 Å². The van der Waals surface area contributed by atoms with Crippen molar-refractivity contribution >= 4 is 32.5 Å². The maximum atomic E-state index is 8.92. The zero-order chi connectivity index (χ0) is 26.4. The highest BCUT2D eigenvalue weighted by atomic mass is 32.1. The molecule has 2 nitrogen and oxygen atoms in total. The van der Waals surface area contributed by atoms with Crippen molar-refractivity contribution in [3.05, 3.63) is 144 Å². The molecule has 0 spiro atoms. The van der Waals surface area contributed by atoms with Gasteiger partial charge in [-0.1, -0.05) is 91.0 Å². The van der Waals surface area contributed by atoms with Crippen molar-refractivity contribution in [1.82, 2.24) is 9.55 Å². The summed E-state index contributed by atoms with van der Waals surface area (Å²) < 4.78 is 21.2. The first kappa shape index (κ1) is 19.7. The fourth-order valence-electron chi connectivity index (χ4n) is 4.87. The summed E-state index contributed by atoms with van der Waals surface area (Å²) in [5, 5.41) is 3.15. The van der Waals surface area contributed by atoms with Gasteiger partial charge in [0.15, 0.2) is 0 Å². The van der Waals surface area contributed by atoms with Gasteiger partial charge in [-0.25, -0.2) is 4.98 Å². The Hall–Kier alpha value is -4.47. The summed E-state index contributed by atoms with van der Waals surface area (Å²) in [6, 6.07) is 42.5. The second-order valence-corrected chi connectivity index (χ2v) is 9.94. The average Bonchev–Trinajstić information content (AvgIpc) is 3.59. The van der Waals surface area contributed by atoms with Crippen LogP contribution in [0.2, 0.25) is 0 Å². The number of benzene rings is 5. The van der Waals surface area contributed by atoms with Crippen LogP contribution in [0.25, 0.3) is 49.3 Å². The Morgan fingerprint density at radius 2 is 1.38 bits per heavy atom. The van der Waals surface area contributed by atoms with Gasteiger partial charge in [-0.15, -0.1) is 11.3 Å². The van der Waals surface area contributed by atoms with Crippen molar-refractivity contribution in [1.29, 1.82) is 0 Å². The van der Waals surface area contributed by atoms with E-state index in [2.05, 4.69) is 64.5 Å². The smallest absolute Gasteiger partial charge is 0.147 e. The molecule has 0 fully saturated rings. The molecule has 5 aromatic carbocycles. The molecule has 0 bridgehead atoms. The molecule has 3 heteroatoms. The third-order valence-electron chi connectivity index (χ3n) is 6.67. The van der Waals surface area contributed by atoms with Crippen LogP contribution in [0.5, 0.6) is 0 Å². The highest BCUT2D eigenvalue weighted by Crippen LogP contribution is 2.37. The van der Waals surface area contributed by atoms with Crippen molar-refractivity contribution < 1.29 is 2.74 Å². The Morgan fingerprint density at radius 3 is 2.19 bits per heavy atom. The van der Waals surface area contributed by atoms with E-state index in [4.69, 9.17) is 7.73 Å². The predicted molar refractivity (Wildman–Crippen MR) is 157 cm³/mol. The third-order valence-corrected chi connectivity index (χ3v) is 7.63. The maximum absolute atomic E-state index is 8.92. The van der Waals surface area contributed by atoms with E-state index in [-0.39, 0.29) is 0 Å². The summed E-state index contributed by atoms with van der Waals surface area (Å²) in [7, 11) is 0. The second-order valence-electron chi connectivity index (χ2n) is 9.02. The largest absolute Gasteiger partial charge is 0.292 e. The molecular formula is C34H24N2S. The number of imidazole rings is 1. The van der Waals surface area contributed by atoms with E-state index >= 15 is 0 Å². The Bertz CT molecular complexity index is 1920. The van der Waals surface area contributed by atoms with Gasteiger partial charge >= 0.3 is 0 Å². The fourth-order valence-corrected chi connectivity index (χ4v) is 5.79. The fraction of sp³-hybridized carbons (Fsp3) is 0.0294. The van der Waals surface area contributed by atoms with Crippen LogP contribution in [0.3, 0.4) is 0 Å². The lowest BCUT2D eigenvalue weighted by Crippen LogP contribution is -1.97. The lowest BCUT2D eigenvalue weighted by Gasteiger charge is -2.11. The van der Waals surface area contributed by atoms with Gasteiger partial charge < -0.3 is 0 Å². The van der Waals surface area contributed by atoms with Crippen molar-refractivity contribution in [2.45, 2.75) is 6.37 Å². The molecule has 0 unspecified atom stereocenters. The van der Waals surface area contributed by atoms with Crippen LogP contribution in [0.1, 0.15) is 13.9 Å². The summed E-state index contributed by atoms with van der Waals surface area (Å²) in [5.41, 5.74) is 7.63. The van der Waals surface area contributed by atoms with Crippen LogP contribution in [-0.4, -0.2) is 9.55 Å². The number of hydrogen-bond acceptors (Lipinski definition) is 2. The third kappa shape index (κ3) is 4.04. The quantitative estimate of drug-likeness (QED) is 0.233. The van der Waals surface area contributed by atoms with Gasteiger partial charge in [0.1, 0.15) is 5.82 Å². The minimum Gasteiger partial charge on any atom is -0.292 e. The van der Waals surface area contributed by atoms with E-state index in [1.165, 1.54) is 11.1 Å². The molecule has 176 valence electrons. The number of hydrogen-bond donors (Lipinski definition) is 0. The molecule has 0 saturated carbocycles. The van der Waals surface area contributed by atoms with E-state index in [0.717, 1.165) is 38.2 Å². The molecule has 7 rings (SSSR count). The Balaban J connectivity index is 1.39. The number of aromatic nitrogens is 2. The van der Waals surface area contributed by atoms with Gasteiger partial charge in [-0.3, -0.25) is 4.57 Å². The van der Waals surface area contributed by atoms with Gasteiger partial charge in [0.2, 0.25) is 0 Å². The van der Waals surface area contributed by atoms with Crippen molar-refractivity contribution in [2.75, 3.05) is 0 Å². The van der Waals surface area contributed by atoms with Gasteiger partial charge in [0, 0.05) is 29.5 Å². The predicted octanol–water partition coefficient (Wildman–Crippen LogP) is 9.16. The maximum Gasteiger partial charge on any atom is 0.147 e. The van der Waals surface area contributed by atoms with Crippen LogP contribution in [0.15, 0.2) is 133 Å². The van der Waals surface area contributed by atoms with Gasteiger partial charge in [-0.05, 0) is 65.0 Å². The zero-order valence-electron chi connectivity index (χ0n) is 22.0. The second kappa shape index (κ2) is 9.20. The molecule has 0 N–H and O–H groups in total. The minimum absolute atomic E-state index is 0.635. The summed E-state index contributed by atoms with van der Waals surface area (Å²) in [4.78, 5) is 5.09. The molecule has 0 amide bonds. The number of fused-ring (bicyclic) bond motifs is 2. The first-order valence-electron chi connectivity index (χ1n) is 13.3. The van der Waals surface area contributed by atoms with Gasteiger partial charge in [0.05, 0.1) is 11.0 Å². The van der Waals surface area contributed by atoms with Crippen LogP contribution in [0.4, 0.5) is 0 Å². The lowest BCUT2D eigenvalue weighted by molar-refractivity contribution is 1.11. The Kier molecular flexibility index (Phi) is 4.89. The average molecular weight is 495 g/mol. The lowest BCUT2D eigenvalue weighted by atomic mass is 10.0. The highest BCUT2D eigenvalue weighted by Gasteiger charge is 2.18. The Morgan fingerprint density at radius 1 is 0.676 bits per heavy atom. The summed E-state index contributed by atoms with van der Waals surface area (Å²) in [6.07, 6.45) is -1.61. The first-order valence-corrected chi connectivity index (χ1v) is 13.2. The molecule has 0 aliphatic heterocycles. The summed E-state index contributed by atoms with van der Waals surface area (Å²) >= 11 is 1.66. The van der Waals surface area contributed by atoms with Crippen LogP contribution >= 0.6 is 11.3 Å². The van der Waals surface area contributed by atoms with Crippen LogP contribution in [-0.2, 0) is 6.37 Å². The molecular weight excluding hydrogens is 468 g/mol. The van der Waals surface area contributed by atoms with E-state index in [1.54, 1.807) is 11.3 Å². The zero-order valence-corrected chi connectivity index (χ0v) is 20.8. The van der Waals surface area contributed by atoms with E-state index in [9.17, 15) is 0 Å². The Labute approximate surface area is 222 Å². The topological polar surface area (TPSA) is 17.8 Å². The normalized spacial score (nSPS) is 12.5. The molecule has 2 aromatic heterocycles. The number of nitrogens with zero attached hydrogens (tertiary/aromatic N) is 2. The van der Waals surface area contributed by atoms with E-state index in [1.807, 2.05) is 72.8 Å². The van der Waals surface area contributed by atoms with Gasteiger partial charge in [-0.2, -0.15) is 0 Å². The molecule has 0 saturated heterocycles. The van der Waals surface area contributed by atoms with E-state index in [0.29, 0.717) is 11.1 Å². The molecule has 0 aliphatic carbocycles. The molecule has 0 aliphatic rings. The van der Waals surface area contributed by atoms with Crippen LogP contribution < -0.4 is 0 Å². The van der Waals surface area contributed by atoms with Crippen molar-refractivity contribution in [3.63, 3.8) is 0 Å². The molecule has 37 heavy (non-hydrogen) atoms. The van der Waals surface area contributed by atoms with E-state index < -0.39 is 6.37 Å². The van der Waals surface area contributed by atoms with Gasteiger partial charge in [0.25, 0.3) is 0 Å².